The quantitative estimate of drug-likeness (QED) is 0.472. The third-order valence-corrected chi connectivity index (χ3v) is 5.05. The van der Waals surface area contributed by atoms with Crippen LogP contribution in [-0.2, 0) is 23.9 Å². The second-order valence-electron chi connectivity index (χ2n) is 5.34. The molecule has 1 fully saturated rings. The van der Waals surface area contributed by atoms with Gasteiger partial charge in [0.25, 0.3) is 0 Å². The van der Waals surface area contributed by atoms with Gasteiger partial charge in [-0.1, -0.05) is 20.3 Å². The Bertz CT molecular complexity index is 415. The first-order valence-electron chi connectivity index (χ1n) is 8.30. The molecule has 132 valence electrons. The summed E-state index contributed by atoms with van der Waals surface area (Å²) in [7, 11) is 0. The monoisotopic (exact) mass is 345 g/mol. The van der Waals surface area contributed by atoms with Crippen molar-refractivity contribution in [3.63, 3.8) is 0 Å². The van der Waals surface area contributed by atoms with Gasteiger partial charge in [-0.3, -0.25) is 9.59 Å². The van der Waals surface area contributed by atoms with Crippen LogP contribution in [0.2, 0.25) is 0 Å². The first-order chi connectivity index (χ1) is 11.0. The van der Waals surface area contributed by atoms with E-state index in [0.29, 0.717) is 19.0 Å². The van der Waals surface area contributed by atoms with Crippen molar-refractivity contribution >= 4 is 29.6 Å². The van der Waals surface area contributed by atoms with E-state index in [1.54, 1.807) is 23.6 Å². The Morgan fingerprint density at radius 3 is 2.48 bits per heavy atom. The highest BCUT2D eigenvalue weighted by molar-refractivity contribution is 8.00. The van der Waals surface area contributed by atoms with Crippen LogP contribution in [0.5, 0.6) is 0 Å². The van der Waals surface area contributed by atoms with E-state index in [9.17, 15) is 14.4 Å². The Morgan fingerprint density at radius 1 is 1.13 bits per heavy atom. The van der Waals surface area contributed by atoms with Gasteiger partial charge in [-0.15, -0.1) is 11.8 Å². The predicted octanol–water partition coefficient (Wildman–Crippen LogP) is 2.35. The van der Waals surface area contributed by atoms with E-state index in [1.807, 2.05) is 13.8 Å². The number of esters is 2. The number of hydrogen-bond acceptors (Lipinski definition) is 6. The van der Waals surface area contributed by atoms with Gasteiger partial charge in [-0.25, -0.2) is 4.79 Å². The van der Waals surface area contributed by atoms with E-state index in [-0.39, 0.29) is 36.1 Å². The molecule has 2 unspecified atom stereocenters. The molecule has 0 saturated carbocycles. The first-order valence-corrected chi connectivity index (χ1v) is 9.34. The minimum absolute atomic E-state index is 0.0339. The third-order valence-electron chi connectivity index (χ3n) is 3.59. The van der Waals surface area contributed by atoms with Gasteiger partial charge in [0, 0.05) is 12.2 Å². The lowest BCUT2D eigenvalue weighted by Gasteiger charge is -2.27. The summed E-state index contributed by atoms with van der Waals surface area (Å²) in [6.45, 7) is 6.42. The predicted molar refractivity (Wildman–Crippen MR) is 88.9 cm³/mol. The molecule has 1 aliphatic heterocycles. The molecule has 0 aromatic carbocycles. The van der Waals surface area contributed by atoms with Crippen LogP contribution in [0.25, 0.3) is 0 Å². The first kappa shape index (κ1) is 19.8. The van der Waals surface area contributed by atoms with Crippen LogP contribution in [0, 0.1) is 0 Å². The summed E-state index contributed by atoms with van der Waals surface area (Å²) in [5.41, 5.74) is 0. The molecule has 1 heterocycles. The summed E-state index contributed by atoms with van der Waals surface area (Å²) in [4.78, 5) is 37.7. The lowest BCUT2D eigenvalue weighted by atomic mass is 10.2. The molecular weight excluding hydrogens is 318 g/mol. The molecular formula is C16H27NO5S. The lowest BCUT2D eigenvalue weighted by molar-refractivity contribution is -0.154. The molecule has 1 rings (SSSR count). The van der Waals surface area contributed by atoms with Crippen molar-refractivity contribution in [2.24, 2.45) is 0 Å². The standard InChI is InChI=1S/C16H27NO5S/c1-4-7-10-22-16(20)12-11-23-14(5-2)17(12)13(18)8-9-15(19)21-6-3/h12,14H,4-11H2,1-3H3. The van der Waals surface area contributed by atoms with E-state index in [1.165, 1.54) is 0 Å². The van der Waals surface area contributed by atoms with Gasteiger partial charge in [0.2, 0.25) is 5.91 Å². The number of carbonyl (C=O) groups excluding carboxylic acids is 3. The van der Waals surface area contributed by atoms with Crippen LogP contribution >= 0.6 is 11.8 Å². The molecule has 0 aliphatic carbocycles. The SMILES string of the molecule is CCCCOC(=O)C1CSC(CC)N1C(=O)CCC(=O)OCC. The van der Waals surface area contributed by atoms with Crippen LogP contribution in [0.15, 0.2) is 0 Å². The molecule has 0 radical (unpaired) electrons. The Labute approximate surface area is 142 Å². The molecule has 0 aromatic heterocycles. The van der Waals surface area contributed by atoms with Crippen molar-refractivity contribution in [2.75, 3.05) is 19.0 Å². The highest BCUT2D eigenvalue weighted by Gasteiger charge is 2.41. The number of hydrogen-bond donors (Lipinski definition) is 0. The summed E-state index contributed by atoms with van der Waals surface area (Å²) in [5.74, 6) is -0.365. The van der Waals surface area contributed by atoms with E-state index in [2.05, 4.69) is 0 Å². The summed E-state index contributed by atoms with van der Waals surface area (Å²) in [5, 5.41) is -0.0339. The van der Waals surface area contributed by atoms with Crippen LogP contribution in [0.4, 0.5) is 0 Å². The van der Waals surface area contributed by atoms with Gasteiger partial charge in [-0.2, -0.15) is 0 Å². The van der Waals surface area contributed by atoms with Gasteiger partial charge in [0.15, 0.2) is 0 Å². The van der Waals surface area contributed by atoms with Crippen molar-refractivity contribution in [1.29, 1.82) is 0 Å². The fraction of sp³-hybridized carbons (Fsp3) is 0.812. The Kier molecular flexibility index (Phi) is 9.06. The fourth-order valence-electron chi connectivity index (χ4n) is 2.38. The van der Waals surface area contributed by atoms with E-state index in [4.69, 9.17) is 9.47 Å². The van der Waals surface area contributed by atoms with Gasteiger partial charge < -0.3 is 14.4 Å². The number of amides is 1. The average molecular weight is 345 g/mol. The zero-order chi connectivity index (χ0) is 17.2. The van der Waals surface area contributed by atoms with E-state index < -0.39 is 6.04 Å². The molecule has 1 aliphatic rings. The minimum atomic E-state index is -0.545. The molecule has 0 aromatic rings. The van der Waals surface area contributed by atoms with Gasteiger partial charge >= 0.3 is 11.9 Å². The van der Waals surface area contributed by atoms with Crippen LogP contribution in [0.1, 0.15) is 52.9 Å². The highest BCUT2D eigenvalue weighted by atomic mass is 32.2. The molecule has 0 spiro atoms. The Morgan fingerprint density at radius 2 is 1.87 bits per heavy atom. The highest BCUT2D eigenvalue weighted by Crippen LogP contribution is 2.32. The van der Waals surface area contributed by atoms with Crippen molar-refractivity contribution in [2.45, 2.75) is 64.3 Å². The largest absolute Gasteiger partial charge is 0.466 e. The summed E-state index contributed by atoms with van der Waals surface area (Å²) in [6.07, 6.45) is 2.64. The van der Waals surface area contributed by atoms with Crippen LogP contribution < -0.4 is 0 Å². The molecule has 2 atom stereocenters. The maximum absolute atomic E-state index is 12.5. The summed E-state index contributed by atoms with van der Waals surface area (Å²) >= 11 is 1.59. The van der Waals surface area contributed by atoms with Gasteiger partial charge in [-0.05, 0) is 19.8 Å². The van der Waals surface area contributed by atoms with Crippen LogP contribution in [-0.4, -0.2) is 53.1 Å². The molecule has 0 bridgehead atoms. The molecule has 7 heteroatoms. The number of nitrogens with zero attached hydrogens (tertiary/aromatic N) is 1. The fourth-order valence-corrected chi connectivity index (χ4v) is 3.74. The van der Waals surface area contributed by atoms with E-state index in [0.717, 1.165) is 19.3 Å². The zero-order valence-corrected chi connectivity index (χ0v) is 15.0. The molecule has 0 N–H and O–H groups in total. The average Bonchev–Trinajstić information content (AvgIpc) is 2.97. The lowest BCUT2D eigenvalue weighted by Crippen LogP contribution is -2.46. The Hall–Kier alpha value is -1.24. The molecule has 1 amide bonds. The number of unbranched alkanes of at least 4 members (excludes halogenated alkanes) is 1. The van der Waals surface area contributed by atoms with Crippen molar-refractivity contribution < 1.29 is 23.9 Å². The minimum Gasteiger partial charge on any atom is -0.466 e. The smallest absolute Gasteiger partial charge is 0.329 e. The zero-order valence-electron chi connectivity index (χ0n) is 14.2. The van der Waals surface area contributed by atoms with Gasteiger partial charge in [0.1, 0.15) is 6.04 Å². The summed E-state index contributed by atoms with van der Waals surface area (Å²) in [6, 6.07) is -0.545. The number of thioether (sulfide) groups is 1. The molecule has 23 heavy (non-hydrogen) atoms. The van der Waals surface area contributed by atoms with Crippen LogP contribution in [0.3, 0.4) is 0 Å². The second kappa shape index (κ2) is 10.5. The normalized spacial score (nSPS) is 20.4. The second-order valence-corrected chi connectivity index (χ2v) is 6.55. The summed E-state index contributed by atoms with van der Waals surface area (Å²) < 4.78 is 10.1. The molecule has 1 saturated heterocycles. The number of rotatable bonds is 9. The number of carbonyl (C=O) groups is 3. The Balaban J connectivity index is 2.62. The number of ether oxygens (including phenoxy) is 2. The maximum Gasteiger partial charge on any atom is 0.329 e. The van der Waals surface area contributed by atoms with E-state index >= 15 is 0 Å². The van der Waals surface area contributed by atoms with Crippen molar-refractivity contribution in [3.05, 3.63) is 0 Å². The molecule has 6 nitrogen and oxygen atoms in total. The van der Waals surface area contributed by atoms with Crippen molar-refractivity contribution in [1.82, 2.24) is 4.90 Å². The van der Waals surface area contributed by atoms with Gasteiger partial charge in [0.05, 0.1) is 25.0 Å². The maximum atomic E-state index is 12.5. The third kappa shape index (κ3) is 6.05. The topological polar surface area (TPSA) is 72.9 Å². The van der Waals surface area contributed by atoms with Crippen molar-refractivity contribution in [3.8, 4) is 0 Å².